The lowest BCUT2D eigenvalue weighted by atomic mass is 9.68. The summed E-state index contributed by atoms with van der Waals surface area (Å²) < 4.78 is 11.2. The highest BCUT2D eigenvalue weighted by Gasteiger charge is 2.69. The maximum atomic E-state index is 14.1. The van der Waals surface area contributed by atoms with Gasteiger partial charge >= 0.3 is 10.8 Å². The van der Waals surface area contributed by atoms with Gasteiger partial charge in [-0.15, -0.1) is 11.8 Å². The number of thioether (sulfide) groups is 1. The number of carbonyl (C=O) groups is 3. The van der Waals surface area contributed by atoms with Crippen molar-refractivity contribution in [3.63, 3.8) is 0 Å². The minimum atomic E-state index is -0.438. The normalized spacial score (nSPS) is 27.3. The Morgan fingerprint density at radius 2 is 1.61 bits per heavy atom. The summed E-state index contributed by atoms with van der Waals surface area (Å²) in [5.74, 6) is -0.702. The van der Waals surface area contributed by atoms with Crippen LogP contribution in [0.25, 0.3) is 0 Å². The van der Waals surface area contributed by atoms with E-state index in [1.54, 1.807) is 43.0 Å². The van der Waals surface area contributed by atoms with E-state index in [0.717, 1.165) is 33.2 Å². The molecule has 0 spiro atoms. The third-order valence-electron chi connectivity index (χ3n) is 10.1. The molecule has 8 rings (SSSR count). The smallest absolute Gasteiger partial charge is 0.338 e. The first-order valence-electron chi connectivity index (χ1n) is 15.7. The SMILES string of the molecule is CCOC(=O)c1ccc(N2C(=O)[C@H]3[C@H]4C[C@@H]([C@@H]3C2=O)[C@H]2[C@H](c3ccc(OCc5ccc(C)cc5)cc3)c3sc(=O)[nH]c3S[C@H]42)cc1. The van der Waals surface area contributed by atoms with Crippen LogP contribution >= 0.6 is 23.1 Å². The van der Waals surface area contributed by atoms with Crippen molar-refractivity contribution in [3.05, 3.63) is 110 Å². The number of hydrogen-bond acceptors (Lipinski definition) is 8. The highest BCUT2D eigenvalue weighted by molar-refractivity contribution is 8.00. The van der Waals surface area contributed by atoms with Crippen molar-refractivity contribution in [2.75, 3.05) is 11.5 Å². The second-order valence-corrected chi connectivity index (χ2v) is 14.8. The fourth-order valence-electron chi connectivity index (χ4n) is 8.23. The number of amides is 2. The fourth-order valence-corrected chi connectivity index (χ4v) is 11.1. The van der Waals surface area contributed by atoms with Gasteiger partial charge in [0.15, 0.2) is 0 Å². The van der Waals surface area contributed by atoms with Gasteiger partial charge in [0.1, 0.15) is 12.4 Å². The van der Waals surface area contributed by atoms with Crippen molar-refractivity contribution in [1.29, 1.82) is 0 Å². The van der Waals surface area contributed by atoms with E-state index >= 15 is 0 Å². The second-order valence-electron chi connectivity index (χ2n) is 12.6. The average Bonchev–Trinajstić information content (AvgIpc) is 3.80. The molecule has 3 fully saturated rings. The summed E-state index contributed by atoms with van der Waals surface area (Å²) in [7, 11) is 0. The molecular formula is C36H32N2O6S2. The van der Waals surface area contributed by atoms with Crippen LogP contribution in [0.2, 0.25) is 0 Å². The third-order valence-corrected chi connectivity index (χ3v) is 12.7. The Morgan fingerprint density at radius 1 is 0.913 bits per heavy atom. The average molecular weight is 653 g/mol. The number of nitrogens with zero attached hydrogens (tertiary/aromatic N) is 1. The van der Waals surface area contributed by atoms with Gasteiger partial charge in [-0.25, -0.2) is 4.79 Å². The van der Waals surface area contributed by atoms with Crippen molar-refractivity contribution in [2.24, 2.45) is 29.6 Å². The van der Waals surface area contributed by atoms with Crippen LogP contribution in [0.4, 0.5) is 5.69 Å². The lowest BCUT2D eigenvalue weighted by Crippen LogP contribution is -2.42. The number of imide groups is 1. The summed E-state index contributed by atoms with van der Waals surface area (Å²) >= 11 is 2.93. The number of fused-ring (bicyclic) bond motifs is 9. The molecule has 2 aliphatic carbocycles. The van der Waals surface area contributed by atoms with Gasteiger partial charge < -0.3 is 14.5 Å². The number of benzene rings is 3. The van der Waals surface area contributed by atoms with E-state index < -0.39 is 11.9 Å². The molecule has 3 aromatic carbocycles. The summed E-state index contributed by atoms with van der Waals surface area (Å²) in [6.45, 7) is 4.54. The number of ether oxygens (including phenoxy) is 2. The molecule has 234 valence electrons. The van der Waals surface area contributed by atoms with E-state index in [9.17, 15) is 19.2 Å². The zero-order chi connectivity index (χ0) is 31.7. The maximum Gasteiger partial charge on any atom is 0.338 e. The van der Waals surface area contributed by atoms with E-state index in [1.807, 2.05) is 12.1 Å². The Kier molecular flexibility index (Phi) is 7.17. The van der Waals surface area contributed by atoms with Crippen LogP contribution < -0.4 is 14.5 Å². The first kappa shape index (κ1) is 29.3. The van der Waals surface area contributed by atoms with Crippen LogP contribution in [0.15, 0.2) is 82.6 Å². The maximum absolute atomic E-state index is 14.1. The van der Waals surface area contributed by atoms with Crippen molar-refractivity contribution in [3.8, 4) is 5.75 Å². The van der Waals surface area contributed by atoms with E-state index in [0.29, 0.717) is 17.9 Å². The monoisotopic (exact) mass is 652 g/mol. The fraction of sp³-hybridized carbons (Fsp3) is 0.333. The van der Waals surface area contributed by atoms with Gasteiger partial charge in [-0.2, -0.15) is 0 Å². The molecule has 0 unspecified atom stereocenters. The number of anilines is 1. The van der Waals surface area contributed by atoms with Crippen LogP contribution in [-0.2, 0) is 20.9 Å². The largest absolute Gasteiger partial charge is 0.489 e. The lowest BCUT2D eigenvalue weighted by Gasteiger charge is -2.43. The standard InChI is InChI=1S/C36H32N2O6S2/c1-3-43-35(41)21-8-12-22(13-9-21)38-33(39)28-24-16-25(29(28)34(38)40)30-27(24)26(31-32(45-30)37-36(42)46-31)20-10-14-23(15-11-20)44-17-19-6-4-18(2)5-7-19/h4-15,24-30H,3,16-17H2,1-2H3,(H,37,42)/t24-,25-,26+,27+,28+,29+,30-/m1/s1. The summed E-state index contributed by atoms with van der Waals surface area (Å²) in [5, 5.41) is 0.989. The van der Waals surface area contributed by atoms with Gasteiger partial charge in [0.05, 0.1) is 34.7 Å². The first-order valence-corrected chi connectivity index (χ1v) is 17.3. The Labute approximate surface area is 274 Å². The quantitative estimate of drug-likeness (QED) is 0.188. The van der Waals surface area contributed by atoms with Gasteiger partial charge in [0, 0.05) is 16.0 Å². The van der Waals surface area contributed by atoms with E-state index in [2.05, 4.69) is 48.3 Å². The third kappa shape index (κ3) is 4.64. The second kappa shape index (κ2) is 11.3. The van der Waals surface area contributed by atoms with Crippen LogP contribution in [0.1, 0.15) is 51.2 Å². The first-order chi connectivity index (χ1) is 22.3. The molecule has 1 N–H and O–H groups in total. The molecule has 3 heterocycles. The zero-order valence-corrected chi connectivity index (χ0v) is 26.9. The molecular weight excluding hydrogens is 621 g/mol. The summed E-state index contributed by atoms with van der Waals surface area (Å²) in [6.07, 6.45) is 0.818. The predicted molar refractivity (Wildman–Crippen MR) is 175 cm³/mol. The number of rotatable bonds is 7. The molecule has 2 bridgehead atoms. The van der Waals surface area contributed by atoms with Gasteiger partial charge in [-0.3, -0.25) is 19.3 Å². The number of thiazole rings is 1. The number of aromatic nitrogens is 1. The van der Waals surface area contributed by atoms with Crippen molar-refractivity contribution in [2.45, 2.75) is 43.1 Å². The molecule has 7 atom stereocenters. The van der Waals surface area contributed by atoms with E-state index in [4.69, 9.17) is 9.47 Å². The Bertz CT molecular complexity index is 1900. The van der Waals surface area contributed by atoms with Crippen molar-refractivity contribution < 1.29 is 23.9 Å². The van der Waals surface area contributed by atoms with Gasteiger partial charge in [-0.1, -0.05) is 53.3 Å². The Morgan fingerprint density at radius 3 is 2.30 bits per heavy atom. The number of aryl methyl sites for hydroxylation is 1. The molecule has 1 saturated heterocycles. The van der Waals surface area contributed by atoms with Gasteiger partial charge in [-0.05, 0) is 85.5 Å². The lowest BCUT2D eigenvalue weighted by molar-refractivity contribution is -0.123. The molecule has 10 heteroatoms. The van der Waals surface area contributed by atoms with E-state index in [1.165, 1.54) is 21.8 Å². The van der Waals surface area contributed by atoms with Crippen LogP contribution in [0, 0.1) is 36.5 Å². The van der Waals surface area contributed by atoms with Crippen LogP contribution in [0.3, 0.4) is 0 Å². The molecule has 4 aromatic rings. The number of aromatic amines is 1. The zero-order valence-electron chi connectivity index (χ0n) is 25.3. The van der Waals surface area contributed by atoms with Gasteiger partial charge in [0.25, 0.3) is 0 Å². The number of carbonyl (C=O) groups excluding carboxylic acids is 3. The van der Waals surface area contributed by atoms with Crippen LogP contribution in [-0.4, -0.2) is 34.6 Å². The molecule has 4 aliphatic rings. The summed E-state index contributed by atoms with van der Waals surface area (Å²) in [5.41, 5.74) is 4.24. The summed E-state index contributed by atoms with van der Waals surface area (Å²) in [6, 6.07) is 22.9. The predicted octanol–water partition coefficient (Wildman–Crippen LogP) is 6.18. The molecule has 1 aromatic heterocycles. The minimum absolute atomic E-state index is 0.0144. The topological polar surface area (TPSA) is 106 Å². The van der Waals surface area contributed by atoms with Crippen molar-refractivity contribution >= 4 is 46.6 Å². The molecule has 46 heavy (non-hydrogen) atoms. The molecule has 2 amide bonds. The van der Waals surface area contributed by atoms with Crippen LogP contribution in [0.5, 0.6) is 5.75 Å². The van der Waals surface area contributed by atoms with E-state index in [-0.39, 0.29) is 58.1 Å². The number of H-pyrrole nitrogens is 1. The highest BCUT2D eigenvalue weighted by Crippen LogP contribution is 2.68. The number of esters is 1. The number of hydrogen-bond donors (Lipinski definition) is 1. The highest BCUT2D eigenvalue weighted by atomic mass is 32.2. The molecule has 0 radical (unpaired) electrons. The molecule has 8 nitrogen and oxygen atoms in total. The minimum Gasteiger partial charge on any atom is -0.489 e. The molecule has 2 aliphatic heterocycles. The Balaban J connectivity index is 1.08. The van der Waals surface area contributed by atoms with Gasteiger partial charge in [0.2, 0.25) is 11.8 Å². The summed E-state index contributed by atoms with van der Waals surface area (Å²) in [4.78, 5) is 58.1. The molecule has 2 saturated carbocycles. The Hall–Kier alpha value is -4.15. The van der Waals surface area contributed by atoms with Crippen molar-refractivity contribution in [1.82, 2.24) is 4.98 Å². The number of nitrogens with one attached hydrogen (secondary N) is 1.